The molecule has 0 aliphatic heterocycles. The second-order valence-corrected chi connectivity index (χ2v) is 12.2. The SMILES string of the molecule is CCCCCC(CCC(=O)OCC(F)(F)S(=O)(=O)[O-])[Si](C)(C)OC. The van der Waals surface area contributed by atoms with Crippen LogP contribution in [-0.2, 0) is 24.1 Å². The van der Waals surface area contributed by atoms with Crippen LogP contribution in [0.4, 0.5) is 8.78 Å². The Morgan fingerprint density at radius 2 is 1.83 bits per heavy atom. The van der Waals surface area contributed by atoms with Gasteiger partial charge in [-0.1, -0.05) is 32.6 Å². The number of esters is 1. The predicted octanol–water partition coefficient (Wildman–Crippen LogP) is 3.25. The molecule has 24 heavy (non-hydrogen) atoms. The Hall–Kier alpha value is -0.583. The molecule has 0 N–H and O–H groups in total. The van der Waals surface area contributed by atoms with Crippen molar-refractivity contribution in [3.05, 3.63) is 0 Å². The summed E-state index contributed by atoms with van der Waals surface area (Å²) >= 11 is 0. The maximum atomic E-state index is 12.9. The molecule has 0 aromatic carbocycles. The van der Waals surface area contributed by atoms with E-state index in [2.05, 4.69) is 11.7 Å². The van der Waals surface area contributed by atoms with Gasteiger partial charge in [-0.3, -0.25) is 4.79 Å². The van der Waals surface area contributed by atoms with E-state index >= 15 is 0 Å². The van der Waals surface area contributed by atoms with Crippen LogP contribution >= 0.6 is 0 Å². The molecule has 0 amide bonds. The molecule has 0 aliphatic rings. The Labute approximate surface area is 143 Å². The molecule has 0 heterocycles. The Morgan fingerprint density at radius 3 is 2.29 bits per heavy atom. The van der Waals surface area contributed by atoms with Crippen LogP contribution < -0.4 is 0 Å². The minimum atomic E-state index is -5.85. The van der Waals surface area contributed by atoms with Crippen molar-refractivity contribution in [1.82, 2.24) is 0 Å². The summed E-state index contributed by atoms with van der Waals surface area (Å²) in [6, 6.07) is 0. The van der Waals surface area contributed by atoms with Crippen LogP contribution in [0.3, 0.4) is 0 Å². The highest BCUT2D eigenvalue weighted by Crippen LogP contribution is 2.33. The summed E-state index contributed by atoms with van der Waals surface area (Å²) in [5.74, 6) is -0.945. The van der Waals surface area contributed by atoms with Gasteiger partial charge in [-0.05, 0) is 25.1 Å². The number of carbonyl (C=O) groups is 1. The zero-order chi connectivity index (χ0) is 19.0. The highest BCUT2D eigenvalue weighted by molar-refractivity contribution is 7.86. The van der Waals surface area contributed by atoms with Gasteiger partial charge >= 0.3 is 11.2 Å². The van der Waals surface area contributed by atoms with Gasteiger partial charge in [0, 0.05) is 13.5 Å². The van der Waals surface area contributed by atoms with Crippen molar-refractivity contribution < 1.29 is 35.7 Å². The Balaban J connectivity index is 4.55. The van der Waals surface area contributed by atoms with E-state index in [0.29, 0.717) is 6.42 Å². The van der Waals surface area contributed by atoms with Gasteiger partial charge in [0.2, 0.25) is 0 Å². The molecule has 1 unspecified atom stereocenters. The van der Waals surface area contributed by atoms with Gasteiger partial charge in [-0.25, -0.2) is 8.42 Å². The lowest BCUT2D eigenvalue weighted by Gasteiger charge is -2.30. The fourth-order valence-electron chi connectivity index (χ4n) is 2.25. The molecule has 0 radical (unpaired) electrons. The van der Waals surface area contributed by atoms with Crippen molar-refractivity contribution in [2.45, 2.75) is 69.3 Å². The van der Waals surface area contributed by atoms with Crippen LogP contribution in [0.15, 0.2) is 0 Å². The van der Waals surface area contributed by atoms with Crippen molar-refractivity contribution >= 4 is 24.4 Å². The van der Waals surface area contributed by atoms with Gasteiger partial charge in [-0.2, -0.15) is 8.78 Å². The van der Waals surface area contributed by atoms with Crippen LogP contribution in [-0.4, -0.2) is 46.2 Å². The zero-order valence-corrected chi connectivity index (χ0v) is 16.5. The number of ether oxygens (including phenoxy) is 1. The molecule has 0 saturated carbocycles. The summed E-state index contributed by atoms with van der Waals surface area (Å²) in [6.45, 7) is 4.37. The minimum absolute atomic E-state index is 0.119. The molecule has 0 aromatic rings. The maximum Gasteiger partial charge on any atom is 0.367 e. The van der Waals surface area contributed by atoms with E-state index in [1.807, 2.05) is 13.1 Å². The van der Waals surface area contributed by atoms with E-state index in [0.717, 1.165) is 25.7 Å². The normalized spacial score (nSPS) is 14.5. The summed E-state index contributed by atoms with van der Waals surface area (Å²) in [7, 11) is -6.24. The highest BCUT2D eigenvalue weighted by atomic mass is 32.2. The maximum absolute atomic E-state index is 12.9. The smallest absolute Gasteiger partial charge is 0.367 e. The van der Waals surface area contributed by atoms with E-state index in [-0.39, 0.29) is 12.0 Å². The molecule has 0 saturated heterocycles. The first-order valence-corrected chi connectivity index (χ1v) is 12.3. The monoisotopic (exact) mass is 389 g/mol. The molecule has 144 valence electrons. The lowest BCUT2D eigenvalue weighted by Crippen LogP contribution is -2.36. The average molecular weight is 390 g/mol. The van der Waals surface area contributed by atoms with Crippen LogP contribution in [0, 0.1) is 0 Å². The molecule has 1 atom stereocenters. The van der Waals surface area contributed by atoms with Gasteiger partial charge in [0.1, 0.15) is 0 Å². The summed E-state index contributed by atoms with van der Waals surface area (Å²) in [4.78, 5) is 11.6. The molecule has 10 heteroatoms. The second kappa shape index (κ2) is 9.78. The topological polar surface area (TPSA) is 92.7 Å². The molecule has 0 aromatic heterocycles. The largest absolute Gasteiger partial charge is 0.743 e. The first-order valence-electron chi connectivity index (χ1n) is 7.91. The number of rotatable bonds is 12. The van der Waals surface area contributed by atoms with Crippen LogP contribution in [0.5, 0.6) is 0 Å². The minimum Gasteiger partial charge on any atom is -0.743 e. The summed E-state index contributed by atoms with van der Waals surface area (Å²) in [5, 5.41) is -4.61. The summed E-state index contributed by atoms with van der Waals surface area (Å²) in [6.07, 6.45) is 4.28. The van der Waals surface area contributed by atoms with Crippen LogP contribution in [0.1, 0.15) is 45.4 Å². The summed E-state index contributed by atoms with van der Waals surface area (Å²) in [5.41, 5.74) is 0.158. The third kappa shape index (κ3) is 7.99. The number of hydrogen-bond acceptors (Lipinski definition) is 6. The van der Waals surface area contributed by atoms with E-state index in [1.165, 1.54) is 0 Å². The number of carbonyl (C=O) groups excluding carboxylic acids is 1. The van der Waals surface area contributed by atoms with Crippen molar-refractivity contribution in [2.75, 3.05) is 13.7 Å². The fourth-order valence-corrected chi connectivity index (χ4v) is 4.52. The zero-order valence-electron chi connectivity index (χ0n) is 14.6. The molecule has 0 fully saturated rings. The fraction of sp³-hybridized carbons (Fsp3) is 0.929. The van der Waals surface area contributed by atoms with Crippen molar-refractivity contribution in [1.29, 1.82) is 0 Å². The van der Waals surface area contributed by atoms with E-state index in [9.17, 15) is 26.5 Å². The summed E-state index contributed by atoms with van der Waals surface area (Å²) < 4.78 is 66.7. The molecular weight excluding hydrogens is 362 g/mol. The van der Waals surface area contributed by atoms with Gasteiger partial charge in [-0.15, -0.1) is 0 Å². The van der Waals surface area contributed by atoms with Gasteiger partial charge in [0.15, 0.2) is 25.0 Å². The number of unbranched alkanes of at least 4 members (excludes halogenated alkanes) is 2. The van der Waals surface area contributed by atoms with E-state index < -0.39 is 36.3 Å². The Bertz CT molecular complexity index is 495. The van der Waals surface area contributed by atoms with Gasteiger partial charge in [0.05, 0.1) is 0 Å². The standard InChI is InChI=1S/C14H28F2O6SSi/c1-5-6-7-8-12(24(3,4)21-2)9-10-13(17)22-11-14(15,16)23(18,19)20/h12H,5-11H2,1-4H3,(H,18,19,20)/p-1. The number of alkyl halides is 2. The van der Waals surface area contributed by atoms with E-state index in [1.54, 1.807) is 7.11 Å². The van der Waals surface area contributed by atoms with Crippen molar-refractivity contribution in [3.63, 3.8) is 0 Å². The van der Waals surface area contributed by atoms with E-state index in [4.69, 9.17) is 4.43 Å². The quantitative estimate of drug-likeness (QED) is 0.220. The van der Waals surface area contributed by atoms with Crippen LogP contribution in [0.25, 0.3) is 0 Å². The highest BCUT2D eigenvalue weighted by Gasteiger charge is 2.39. The predicted molar refractivity (Wildman–Crippen MR) is 87.2 cm³/mol. The van der Waals surface area contributed by atoms with Gasteiger partial charge < -0.3 is 13.7 Å². The first-order chi connectivity index (χ1) is 10.9. The second-order valence-electron chi connectivity index (χ2n) is 6.29. The lowest BCUT2D eigenvalue weighted by molar-refractivity contribution is -0.149. The third-order valence-electron chi connectivity index (χ3n) is 4.13. The number of halogens is 2. The van der Waals surface area contributed by atoms with Crippen molar-refractivity contribution in [3.8, 4) is 0 Å². The first kappa shape index (κ1) is 23.4. The molecule has 0 bridgehead atoms. The molecule has 0 spiro atoms. The molecular formula is C14H27F2O6SSi-. The van der Waals surface area contributed by atoms with Crippen LogP contribution in [0.2, 0.25) is 18.6 Å². The Morgan fingerprint density at radius 1 is 1.25 bits per heavy atom. The van der Waals surface area contributed by atoms with Crippen molar-refractivity contribution in [2.24, 2.45) is 0 Å². The lowest BCUT2D eigenvalue weighted by atomic mass is 10.1. The molecule has 0 rings (SSSR count). The number of hydrogen-bond donors (Lipinski definition) is 0. The average Bonchev–Trinajstić information content (AvgIpc) is 2.47. The molecule has 6 nitrogen and oxygen atoms in total. The Kier molecular flexibility index (Phi) is 9.55. The van der Waals surface area contributed by atoms with Gasteiger partial charge in [0.25, 0.3) is 0 Å². The molecule has 0 aliphatic carbocycles. The third-order valence-corrected chi connectivity index (χ3v) is 8.57.